The quantitative estimate of drug-likeness (QED) is 0.277. The van der Waals surface area contributed by atoms with Crippen LogP contribution in [0.4, 0.5) is 0 Å². The van der Waals surface area contributed by atoms with E-state index in [1.165, 1.54) is 0 Å². The van der Waals surface area contributed by atoms with Crippen molar-refractivity contribution in [3.63, 3.8) is 0 Å². The van der Waals surface area contributed by atoms with E-state index in [1.54, 1.807) is 0 Å². The summed E-state index contributed by atoms with van der Waals surface area (Å²) in [7, 11) is 6.95. The molecule has 0 N–H and O–H groups in total. The van der Waals surface area contributed by atoms with Crippen molar-refractivity contribution in [2.75, 3.05) is 49.8 Å². The first-order chi connectivity index (χ1) is 17.0. The van der Waals surface area contributed by atoms with Gasteiger partial charge in [0, 0.05) is 12.7 Å². The maximum atomic E-state index is 13.3. The smallest absolute Gasteiger partial charge is 0.348 e. The summed E-state index contributed by atoms with van der Waals surface area (Å²) < 4.78 is 40.2. The summed E-state index contributed by atoms with van der Waals surface area (Å²) in [6, 6.07) is 0. The van der Waals surface area contributed by atoms with Gasteiger partial charge in [-0.1, -0.05) is 0 Å². The zero-order chi connectivity index (χ0) is 27.2. The summed E-state index contributed by atoms with van der Waals surface area (Å²) in [6.45, 7) is 0. The van der Waals surface area contributed by atoms with Crippen LogP contribution in [-0.4, -0.2) is 97.0 Å². The summed E-state index contributed by atoms with van der Waals surface area (Å²) in [5.74, 6) is -10.9. The van der Waals surface area contributed by atoms with E-state index in [9.17, 15) is 28.8 Å². The molecule has 2 aliphatic heterocycles. The molecule has 3 rings (SSSR count). The number of esters is 6. The molecule has 0 aromatic rings. The Morgan fingerprint density at radius 2 is 1.00 bits per heavy atom. The van der Waals surface area contributed by atoms with Crippen LogP contribution in [0.5, 0.6) is 0 Å². The molecule has 2 heterocycles. The number of carbonyl (C=O) groups excluding carboxylic acids is 6. The summed E-state index contributed by atoms with van der Waals surface area (Å²) in [5, 5.41) is 0. The van der Waals surface area contributed by atoms with Crippen LogP contribution >= 0.6 is 0 Å². The molecular weight excluding hydrogens is 488 g/mol. The van der Waals surface area contributed by atoms with Gasteiger partial charge in [-0.25, -0.2) is 28.8 Å². The number of fused-ring (bicyclic) bond motifs is 2. The Morgan fingerprint density at radius 1 is 0.583 bits per heavy atom. The number of ether oxygens (including phenoxy) is 8. The van der Waals surface area contributed by atoms with Gasteiger partial charge in [0.25, 0.3) is 0 Å². The molecule has 0 saturated heterocycles. The molecule has 194 valence electrons. The highest BCUT2D eigenvalue weighted by Crippen LogP contribution is 2.65. The van der Waals surface area contributed by atoms with Crippen LogP contribution in [0.1, 0.15) is 0 Å². The Labute approximate surface area is 203 Å². The molecule has 0 amide bonds. The summed E-state index contributed by atoms with van der Waals surface area (Å²) >= 11 is 0. The highest BCUT2D eigenvalue weighted by Gasteiger charge is 2.78. The fraction of sp³-hybridized carbons (Fsp3) is 0.455. The van der Waals surface area contributed by atoms with Gasteiger partial charge in [0.15, 0.2) is 0 Å². The van der Waals surface area contributed by atoms with Crippen molar-refractivity contribution in [3.8, 4) is 0 Å². The normalized spacial score (nSPS) is 24.4. The van der Waals surface area contributed by atoms with Gasteiger partial charge in [0.1, 0.15) is 11.1 Å². The molecule has 14 heteroatoms. The van der Waals surface area contributed by atoms with E-state index >= 15 is 0 Å². The topological polar surface area (TPSA) is 176 Å². The molecule has 0 aromatic heterocycles. The van der Waals surface area contributed by atoms with E-state index in [4.69, 9.17) is 37.9 Å². The summed E-state index contributed by atoms with van der Waals surface area (Å²) in [4.78, 5) is 77.4. The number of hydrogen-bond acceptors (Lipinski definition) is 14. The largest absolute Gasteiger partial charge is 0.466 e. The molecule has 36 heavy (non-hydrogen) atoms. The average molecular weight is 510 g/mol. The van der Waals surface area contributed by atoms with Crippen molar-refractivity contribution in [3.05, 3.63) is 33.4 Å². The second-order valence-electron chi connectivity index (χ2n) is 7.35. The first kappa shape index (κ1) is 26.6. The average Bonchev–Trinajstić information content (AvgIpc) is 3.46. The van der Waals surface area contributed by atoms with Gasteiger partial charge in [0.05, 0.1) is 65.3 Å². The van der Waals surface area contributed by atoms with Crippen LogP contribution in [0.15, 0.2) is 33.4 Å². The highest BCUT2D eigenvalue weighted by molar-refractivity contribution is 6.19. The molecule has 14 nitrogen and oxygen atoms in total. The summed E-state index contributed by atoms with van der Waals surface area (Å²) in [6.07, 6.45) is 0. The lowest BCUT2D eigenvalue weighted by molar-refractivity contribution is -0.202. The van der Waals surface area contributed by atoms with E-state index in [2.05, 4.69) is 0 Å². The molecule has 0 spiro atoms. The van der Waals surface area contributed by atoms with Gasteiger partial charge in [-0.15, -0.1) is 0 Å². The molecule has 0 unspecified atom stereocenters. The van der Waals surface area contributed by atoms with Gasteiger partial charge in [0.2, 0.25) is 11.4 Å². The maximum absolute atomic E-state index is 13.3. The fourth-order valence-corrected chi connectivity index (χ4v) is 4.58. The van der Waals surface area contributed by atoms with E-state index in [0.29, 0.717) is 0 Å². The first-order valence-electron chi connectivity index (χ1n) is 10.0. The molecule has 2 bridgehead atoms. The second kappa shape index (κ2) is 9.20. The van der Waals surface area contributed by atoms with Crippen molar-refractivity contribution in [2.45, 2.75) is 11.4 Å². The monoisotopic (exact) mass is 510 g/mol. The molecule has 0 saturated carbocycles. The Morgan fingerprint density at radius 3 is 1.39 bits per heavy atom. The second-order valence-corrected chi connectivity index (χ2v) is 7.35. The maximum Gasteiger partial charge on any atom is 0.348 e. The SMILES string of the molecule is COC(=O)C1=C(C(=O)OC)C1C1=C(C(=O)OC)[C@]2(C(=O)OC)O[C@@]1(OC)C(C(=O)OC)=C2C(=O)OC. The molecule has 3 aliphatic rings. The lowest BCUT2D eigenvalue weighted by Crippen LogP contribution is -2.47. The van der Waals surface area contributed by atoms with Gasteiger partial charge in [-0.2, -0.15) is 0 Å². The molecular formula is C22H22O14. The number of carbonyl (C=O) groups is 6. The van der Waals surface area contributed by atoms with Crippen LogP contribution < -0.4 is 0 Å². The van der Waals surface area contributed by atoms with Crippen molar-refractivity contribution < 1.29 is 66.7 Å². The third-order valence-electron chi connectivity index (χ3n) is 6.02. The zero-order valence-corrected chi connectivity index (χ0v) is 20.3. The van der Waals surface area contributed by atoms with Gasteiger partial charge < -0.3 is 37.9 Å². The lowest BCUT2D eigenvalue weighted by Gasteiger charge is -2.30. The van der Waals surface area contributed by atoms with E-state index in [-0.39, 0.29) is 16.7 Å². The van der Waals surface area contributed by atoms with Crippen LogP contribution in [0.3, 0.4) is 0 Å². The molecule has 0 radical (unpaired) electrons. The number of hydrogen-bond donors (Lipinski definition) is 0. The zero-order valence-electron chi connectivity index (χ0n) is 20.3. The third kappa shape index (κ3) is 3.18. The standard InChI is InChI=1S/C22H22O14/c1-29-15(23)9-8(10(9)16(24)30-2)11-12(17(25)31-3)21(20(28)34-6)13(18(26)32-4)14(19(27)33-5)22(11,35-7)36-21/h8H,1-7H3/t21-,22+/m0/s1. The van der Waals surface area contributed by atoms with E-state index in [1.807, 2.05) is 0 Å². The third-order valence-corrected chi connectivity index (χ3v) is 6.02. The van der Waals surface area contributed by atoms with Crippen LogP contribution in [-0.2, 0) is 66.7 Å². The van der Waals surface area contributed by atoms with Gasteiger partial charge in [-0.3, -0.25) is 0 Å². The minimum absolute atomic E-state index is 0.267. The van der Waals surface area contributed by atoms with Crippen LogP contribution in [0.25, 0.3) is 0 Å². The molecule has 0 aromatic carbocycles. The van der Waals surface area contributed by atoms with E-state index < -0.39 is 69.8 Å². The molecule has 2 atom stereocenters. The Balaban J connectivity index is 2.50. The van der Waals surface area contributed by atoms with E-state index in [0.717, 1.165) is 49.8 Å². The predicted molar refractivity (Wildman–Crippen MR) is 110 cm³/mol. The Bertz CT molecular complexity index is 1160. The van der Waals surface area contributed by atoms with Crippen molar-refractivity contribution in [1.29, 1.82) is 0 Å². The highest BCUT2D eigenvalue weighted by atomic mass is 16.7. The fourth-order valence-electron chi connectivity index (χ4n) is 4.58. The summed E-state index contributed by atoms with van der Waals surface area (Å²) in [5.41, 5.74) is -5.78. The molecule has 1 aliphatic carbocycles. The van der Waals surface area contributed by atoms with Gasteiger partial charge in [-0.05, 0) is 0 Å². The van der Waals surface area contributed by atoms with Crippen LogP contribution in [0.2, 0.25) is 0 Å². The van der Waals surface area contributed by atoms with Gasteiger partial charge >= 0.3 is 35.8 Å². The Hall–Kier alpha value is -4.04. The van der Waals surface area contributed by atoms with Crippen molar-refractivity contribution in [2.24, 2.45) is 5.92 Å². The minimum atomic E-state index is -2.76. The predicted octanol–water partition coefficient (Wildman–Crippen LogP) is -1.33. The molecule has 0 fully saturated rings. The first-order valence-corrected chi connectivity index (χ1v) is 10.0. The van der Waals surface area contributed by atoms with Crippen molar-refractivity contribution >= 4 is 35.8 Å². The Kier molecular flexibility index (Phi) is 6.79. The van der Waals surface area contributed by atoms with Crippen molar-refractivity contribution in [1.82, 2.24) is 0 Å². The minimum Gasteiger partial charge on any atom is -0.466 e. The number of methoxy groups -OCH3 is 7. The number of rotatable bonds is 8. The lowest BCUT2D eigenvalue weighted by atomic mass is 9.73. The van der Waals surface area contributed by atoms with Crippen LogP contribution in [0, 0.1) is 5.92 Å².